The Bertz CT molecular complexity index is 976. The molecule has 6 heteroatoms. The molecule has 27 heavy (non-hydrogen) atoms. The molecule has 0 spiro atoms. The van der Waals surface area contributed by atoms with Gasteiger partial charge in [-0.05, 0) is 35.2 Å². The van der Waals surface area contributed by atoms with Crippen LogP contribution in [0.1, 0.15) is 26.3 Å². The summed E-state index contributed by atoms with van der Waals surface area (Å²) < 4.78 is 16.3. The van der Waals surface area contributed by atoms with E-state index in [9.17, 15) is 0 Å². The number of benzene rings is 2. The molecule has 0 aliphatic carbocycles. The minimum Gasteiger partial charge on any atom is -0.496 e. The number of anilines is 2. The molecular weight excluding hydrogens is 360 g/mol. The van der Waals surface area contributed by atoms with Gasteiger partial charge in [-0.25, -0.2) is 4.98 Å². The molecule has 0 radical (unpaired) electrons. The molecule has 0 amide bonds. The average Bonchev–Trinajstić information content (AvgIpc) is 3.29. The number of fused-ring (bicyclic) bond motifs is 1. The second-order valence-electron chi connectivity index (χ2n) is 7.40. The van der Waals surface area contributed by atoms with Crippen molar-refractivity contribution in [2.45, 2.75) is 26.2 Å². The lowest BCUT2D eigenvalue weighted by Crippen LogP contribution is -2.11. The lowest BCUT2D eigenvalue weighted by Gasteiger charge is -2.20. The number of aromatic nitrogens is 1. The van der Waals surface area contributed by atoms with E-state index in [1.165, 1.54) is 5.56 Å². The molecule has 0 saturated carbocycles. The summed E-state index contributed by atoms with van der Waals surface area (Å²) >= 11 is 1.56. The summed E-state index contributed by atoms with van der Waals surface area (Å²) in [7, 11) is 1.69. The van der Waals surface area contributed by atoms with E-state index in [2.05, 4.69) is 38.2 Å². The Balaban J connectivity index is 1.62. The molecule has 2 heterocycles. The van der Waals surface area contributed by atoms with Crippen molar-refractivity contribution in [2.75, 3.05) is 19.2 Å². The van der Waals surface area contributed by atoms with Gasteiger partial charge < -0.3 is 19.5 Å². The topological polar surface area (TPSA) is 52.6 Å². The quantitative estimate of drug-likeness (QED) is 0.637. The Morgan fingerprint density at radius 1 is 1.07 bits per heavy atom. The molecule has 0 unspecified atom stereocenters. The molecule has 1 N–H and O–H groups in total. The first-order valence-electron chi connectivity index (χ1n) is 8.75. The predicted molar refractivity (Wildman–Crippen MR) is 109 cm³/mol. The minimum atomic E-state index is 0.0601. The van der Waals surface area contributed by atoms with Gasteiger partial charge in [-0.1, -0.05) is 26.8 Å². The van der Waals surface area contributed by atoms with Crippen LogP contribution >= 0.6 is 11.3 Å². The second-order valence-corrected chi connectivity index (χ2v) is 8.25. The largest absolute Gasteiger partial charge is 0.496 e. The van der Waals surface area contributed by atoms with E-state index in [1.807, 2.05) is 29.6 Å². The maximum Gasteiger partial charge on any atom is 0.231 e. The molecule has 1 aromatic heterocycles. The van der Waals surface area contributed by atoms with E-state index in [0.29, 0.717) is 0 Å². The highest BCUT2D eigenvalue weighted by molar-refractivity contribution is 7.14. The number of hydrogen-bond donors (Lipinski definition) is 1. The molecule has 5 nitrogen and oxygen atoms in total. The number of nitrogens with zero attached hydrogens (tertiary/aromatic N) is 1. The molecule has 3 aromatic rings. The first-order valence-corrected chi connectivity index (χ1v) is 9.63. The fraction of sp³-hybridized carbons (Fsp3) is 0.286. The molecular formula is C21H22N2O3S. The molecule has 0 bridgehead atoms. The van der Waals surface area contributed by atoms with Crippen LogP contribution in [0.4, 0.5) is 10.8 Å². The molecule has 140 valence electrons. The van der Waals surface area contributed by atoms with E-state index in [-0.39, 0.29) is 12.2 Å². The van der Waals surface area contributed by atoms with Crippen molar-refractivity contribution in [2.24, 2.45) is 0 Å². The molecule has 1 aliphatic heterocycles. The van der Waals surface area contributed by atoms with Crippen LogP contribution in [0.15, 0.2) is 41.8 Å². The van der Waals surface area contributed by atoms with Crippen LogP contribution in [-0.2, 0) is 5.41 Å². The second kappa shape index (κ2) is 6.78. The summed E-state index contributed by atoms with van der Waals surface area (Å²) in [5.41, 5.74) is 4.11. The summed E-state index contributed by atoms with van der Waals surface area (Å²) in [5.74, 6) is 2.34. The van der Waals surface area contributed by atoms with Gasteiger partial charge in [0.05, 0.1) is 12.8 Å². The summed E-state index contributed by atoms with van der Waals surface area (Å²) in [4.78, 5) is 4.76. The van der Waals surface area contributed by atoms with Gasteiger partial charge in [-0.3, -0.25) is 0 Å². The van der Waals surface area contributed by atoms with Gasteiger partial charge in [0.25, 0.3) is 0 Å². The third kappa shape index (κ3) is 3.57. The Labute approximate surface area is 162 Å². The summed E-state index contributed by atoms with van der Waals surface area (Å²) in [5, 5.41) is 6.19. The Kier molecular flexibility index (Phi) is 4.44. The highest BCUT2D eigenvalue weighted by Gasteiger charge is 2.18. The minimum absolute atomic E-state index is 0.0601. The van der Waals surface area contributed by atoms with Crippen molar-refractivity contribution < 1.29 is 14.2 Å². The maximum absolute atomic E-state index is 5.56. The third-order valence-corrected chi connectivity index (χ3v) is 5.23. The van der Waals surface area contributed by atoms with E-state index in [4.69, 9.17) is 19.2 Å². The molecule has 2 aromatic carbocycles. The SMILES string of the molecule is COc1ccc(C(C)(C)C)cc1-c1csc(Nc2ccc3c(c2)OCO3)n1. The van der Waals surface area contributed by atoms with Gasteiger partial charge in [-0.15, -0.1) is 11.3 Å². The van der Waals surface area contributed by atoms with Crippen LogP contribution in [-0.4, -0.2) is 18.9 Å². The Morgan fingerprint density at radius 3 is 2.67 bits per heavy atom. The fourth-order valence-corrected chi connectivity index (χ4v) is 3.66. The number of rotatable bonds is 4. The smallest absolute Gasteiger partial charge is 0.231 e. The van der Waals surface area contributed by atoms with E-state index in [0.717, 1.165) is 39.3 Å². The lowest BCUT2D eigenvalue weighted by atomic mass is 9.86. The van der Waals surface area contributed by atoms with Crippen molar-refractivity contribution in [3.8, 4) is 28.5 Å². The standard InChI is InChI=1S/C21H22N2O3S/c1-21(2,3)13-5-7-17(24-4)15(9-13)16-11-27-20(23-16)22-14-6-8-18-19(10-14)26-12-25-18/h5-11H,12H2,1-4H3,(H,22,23). The van der Waals surface area contributed by atoms with Crippen molar-refractivity contribution in [3.63, 3.8) is 0 Å². The number of methoxy groups -OCH3 is 1. The molecule has 0 fully saturated rings. The molecule has 0 atom stereocenters. The van der Waals surface area contributed by atoms with Crippen LogP contribution in [0, 0.1) is 0 Å². The zero-order valence-electron chi connectivity index (χ0n) is 15.8. The first-order chi connectivity index (χ1) is 12.9. The summed E-state index contributed by atoms with van der Waals surface area (Å²) in [6.07, 6.45) is 0. The Morgan fingerprint density at radius 2 is 1.89 bits per heavy atom. The maximum atomic E-state index is 5.56. The van der Waals surface area contributed by atoms with Crippen LogP contribution in [0.5, 0.6) is 17.2 Å². The monoisotopic (exact) mass is 382 g/mol. The average molecular weight is 382 g/mol. The number of hydrogen-bond acceptors (Lipinski definition) is 6. The van der Waals surface area contributed by atoms with Crippen LogP contribution < -0.4 is 19.5 Å². The van der Waals surface area contributed by atoms with E-state index in [1.54, 1.807) is 18.4 Å². The van der Waals surface area contributed by atoms with Gasteiger partial charge in [0.15, 0.2) is 16.6 Å². The lowest BCUT2D eigenvalue weighted by molar-refractivity contribution is 0.174. The van der Waals surface area contributed by atoms with E-state index >= 15 is 0 Å². The highest BCUT2D eigenvalue weighted by atomic mass is 32.1. The Hall–Kier alpha value is -2.73. The molecule has 1 aliphatic rings. The number of thiazole rings is 1. The van der Waals surface area contributed by atoms with Crippen molar-refractivity contribution >= 4 is 22.2 Å². The van der Waals surface area contributed by atoms with Crippen LogP contribution in [0.25, 0.3) is 11.3 Å². The van der Waals surface area contributed by atoms with Crippen molar-refractivity contribution in [1.29, 1.82) is 0 Å². The summed E-state index contributed by atoms with van der Waals surface area (Å²) in [6, 6.07) is 12.1. The summed E-state index contributed by atoms with van der Waals surface area (Å²) in [6.45, 7) is 6.87. The zero-order chi connectivity index (χ0) is 19.0. The molecule has 4 rings (SSSR count). The van der Waals surface area contributed by atoms with Crippen molar-refractivity contribution in [3.05, 3.63) is 47.3 Å². The highest BCUT2D eigenvalue weighted by Crippen LogP contribution is 2.38. The van der Waals surface area contributed by atoms with Gasteiger partial charge in [-0.2, -0.15) is 0 Å². The van der Waals surface area contributed by atoms with Crippen LogP contribution in [0.2, 0.25) is 0 Å². The van der Waals surface area contributed by atoms with Gasteiger partial charge in [0.1, 0.15) is 5.75 Å². The van der Waals surface area contributed by atoms with E-state index < -0.39 is 0 Å². The molecule has 0 saturated heterocycles. The predicted octanol–water partition coefficient (Wildman–Crippen LogP) is 5.59. The number of ether oxygens (including phenoxy) is 3. The first kappa shape index (κ1) is 17.7. The normalized spacial score (nSPS) is 12.9. The third-order valence-electron chi connectivity index (χ3n) is 4.47. The van der Waals surface area contributed by atoms with Gasteiger partial charge in [0.2, 0.25) is 6.79 Å². The zero-order valence-corrected chi connectivity index (χ0v) is 16.6. The van der Waals surface area contributed by atoms with Gasteiger partial charge >= 0.3 is 0 Å². The van der Waals surface area contributed by atoms with Gasteiger partial charge in [0, 0.05) is 22.7 Å². The fourth-order valence-electron chi connectivity index (χ4n) is 2.93. The number of nitrogens with one attached hydrogen (secondary N) is 1. The van der Waals surface area contributed by atoms with Crippen molar-refractivity contribution in [1.82, 2.24) is 4.98 Å². The van der Waals surface area contributed by atoms with Crippen LogP contribution in [0.3, 0.4) is 0 Å².